The monoisotopic (exact) mass is 338 g/mol. The third-order valence-corrected chi connectivity index (χ3v) is 5.26. The van der Waals surface area contributed by atoms with Gasteiger partial charge in [0.1, 0.15) is 0 Å². The molecule has 2 heterocycles. The molecule has 5 nitrogen and oxygen atoms in total. The zero-order valence-electron chi connectivity index (χ0n) is 14.8. The largest absolute Gasteiger partial charge is 0.356 e. The van der Waals surface area contributed by atoms with Crippen LogP contribution >= 0.6 is 0 Å². The lowest BCUT2D eigenvalue weighted by atomic mass is 10.1. The molecule has 1 aliphatic heterocycles. The van der Waals surface area contributed by atoms with E-state index in [0.717, 1.165) is 51.1 Å². The lowest BCUT2D eigenvalue weighted by Gasteiger charge is -2.19. The molecule has 1 N–H and O–H groups in total. The van der Waals surface area contributed by atoms with Gasteiger partial charge in [-0.2, -0.15) is 5.10 Å². The summed E-state index contributed by atoms with van der Waals surface area (Å²) in [5, 5.41) is 7.52. The van der Waals surface area contributed by atoms with Gasteiger partial charge in [-0.1, -0.05) is 17.7 Å². The normalized spacial score (nSPS) is 20.8. The number of aryl methyl sites for hydroxylation is 1. The molecule has 4 rings (SSSR count). The van der Waals surface area contributed by atoms with Crippen molar-refractivity contribution < 1.29 is 4.79 Å². The van der Waals surface area contributed by atoms with E-state index in [1.54, 1.807) is 0 Å². The van der Waals surface area contributed by atoms with Crippen LogP contribution in [-0.4, -0.2) is 40.2 Å². The molecule has 1 amide bonds. The lowest BCUT2D eigenvalue weighted by Crippen LogP contribution is -2.31. The summed E-state index contributed by atoms with van der Waals surface area (Å²) in [6, 6.07) is 8.51. The van der Waals surface area contributed by atoms with Crippen molar-refractivity contribution in [2.24, 2.45) is 11.8 Å². The van der Waals surface area contributed by atoms with Crippen molar-refractivity contribution in [2.75, 3.05) is 19.6 Å². The van der Waals surface area contributed by atoms with E-state index >= 15 is 0 Å². The number of benzene rings is 1. The molecule has 0 bridgehead atoms. The van der Waals surface area contributed by atoms with Crippen molar-refractivity contribution in [3.8, 4) is 5.69 Å². The molecule has 2 aromatic rings. The van der Waals surface area contributed by atoms with Crippen LogP contribution in [0, 0.1) is 18.8 Å². The molecular weight excluding hydrogens is 312 g/mol. The van der Waals surface area contributed by atoms with Crippen LogP contribution in [0.5, 0.6) is 0 Å². The molecule has 2 fully saturated rings. The number of nitrogens with one attached hydrogen (secondary N) is 1. The molecule has 1 saturated carbocycles. The van der Waals surface area contributed by atoms with Crippen LogP contribution in [0.25, 0.3) is 5.69 Å². The van der Waals surface area contributed by atoms with Crippen molar-refractivity contribution in [3.63, 3.8) is 0 Å². The highest BCUT2D eigenvalue weighted by atomic mass is 16.2. The van der Waals surface area contributed by atoms with E-state index in [-0.39, 0.29) is 5.91 Å². The van der Waals surface area contributed by atoms with Gasteiger partial charge in [0.05, 0.1) is 5.69 Å². The molecule has 1 aromatic carbocycles. The molecule has 0 spiro atoms. The smallest absolute Gasteiger partial charge is 0.223 e. The number of hydrogen-bond acceptors (Lipinski definition) is 3. The number of carbonyl (C=O) groups is 1. The van der Waals surface area contributed by atoms with E-state index in [1.165, 1.54) is 11.1 Å². The Morgan fingerprint density at radius 3 is 2.96 bits per heavy atom. The molecule has 0 unspecified atom stereocenters. The average Bonchev–Trinajstić information content (AvgIpc) is 3.13. The fourth-order valence-corrected chi connectivity index (χ4v) is 3.67. The Hall–Kier alpha value is -2.14. The van der Waals surface area contributed by atoms with Crippen molar-refractivity contribution in [2.45, 2.75) is 32.7 Å². The van der Waals surface area contributed by atoms with Gasteiger partial charge in [-0.3, -0.25) is 9.69 Å². The van der Waals surface area contributed by atoms with Gasteiger partial charge in [0, 0.05) is 37.9 Å². The Balaban J connectivity index is 1.38. The molecule has 5 heteroatoms. The average molecular weight is 338 g/mol. The summed E-state index contributed by atoms with van der Waals surface area (Å²) in [6.45, 7) is 6.04. The van der Waals surface area contributed by atoms with Gasteiger partial charge in [0.25, 0.3) is 0 Å². The van der Waals surface area contributed by atoms with Crippen molar-refractivity contribution in [1.29, 1.82) is 0 Å². The summed E-state index contributed by atoms with van der Waals surface area (Å²) in [4.78, 5) is 14.3. The van der Waals surface area contributed by atoms with Crippen LogP contribution in [0.1, 0.15) is 30.4 Å². The Bertz CT molecular complexity index is 736. The zero-order valence-corrected chi connectivity index (χ0v) is 14.8. The predicted molar refractivity (Wildman–Crippen MR) is 97.4 cm³/mol. The van der Waals surface area contributed by atoms with Gasteiger partial charge in [0.15, 0.2) is 0 Å². The zero-order chi connectivity index (χ0) is 17.2. The van der Waals surface area contributed by atoms with E-state index in [4.69, 9.17) is 0 Å². The van der Waals surface area contributed by atoms with Gasteiger partial charge in [-0.05, 0) is 56.3 Å². The van der Waals surface area contributed by atoms with Gasteiger partial charge in [-0.25, -0.2) is 4.68 Å². The summed E-state index contributed by atoms with van der Waals surface area (Å²) in [7, 11) is 0. The molecule has 0 radical (unpaired) electrons. The van der Waals surface area contributed by atoms with E-state index < -0.39 is 0 Å². The highest BCUT2D eigenvalue weighted by Crippen LogP contribution is 2.29. The number of rotatable bonds is 6. The van der Waals surface area contributed by atoms with Gasteiger partial charge in [0.2, 0.25) is 5.91 Å². The minimum Gasteiger partial charge on any atom is -0.356 e. The Morgan fingerprint density at radius 2 is 2.20 bits per heavy atom. The summed E-state index contributed by atoms with van der Waals surface area (Å²) < 4.78 is 1.94. The molecule has 1 aliphatic carbocycles. The van der Waals surface area contributed by atoms with Crippen LogP contribution < -0.4 is 5.32 Å². The van der Waals surface area contributed by atoms with Crippen LogP contribution in [0.15, 0.2) is 36.7 Å². The first kappa shape index (κ1) is 16.3. The topological polar surface area (TPSA) is 50.2 Å². The third-order valence-electron chi connectivity index (χ3n) is 5.26. The highest BCUT2D eigenvalue weighted by molar-refractivity contribution is 5.80. The highest BCUT2D eigenvalue weighted by Gasteiger charge is 2.30. The molecule has 1 saturated heterocycles. The van der Waals surface area contributed by atoms with Crippen molar-refractivity contribution in [1.82, 2.24) is 20.0 Å². The summed E-state index contributed by atoms with van der Waals surface area (Å²) in [5.74, 6) is 1.14. The van der Waals surface area contributed by atoms with E-state index in [1.807, 2.05) is 23.1 Å². The Morgan fingerprint density at radius 1 is 1.32 bits per heavy atom. The number of aromatic nitrogens is 2. The SMILES string of the molecule is Cc1ccc(-n2cccn2)c(CN2CC[C@@H](CNC(=O)C3CC3)C2)c1. The summed E-state index contributed by atoms with van der Waals surface area (Å²) in [5.41, 5.74) is 3.74. The Kier molecular flexibility index (Phi) is 4.57. The van der Waals surface area contributed by atoms with Gasteiger partial charge >= 0.3 is 0 Å². The Labute approximate surface area is 149 Å². The molecule has 2 aliphatic rings. The molecule has 1 atom stereocenters. The fourth-order valence-electron chi connectivity index (χ4n) is 3.67. The number of hydrogen-bond donors (Lipinski definition) is 1. The number of likely N-dealkylation sites (tertiary alicyclic amines) is 1. The quantitative estimate of drug-likeness (QED) is 0.880. The van der Waals surface area contributed by atoms with Crippen LogP contribution in [0.3, 0.4) is 0 Å². The molecule has 1 aromatic heterocycles. The van der Waals surface area contributed by atoms with E-state index in [9.17, 15) is 4.79 Å². The van der Waals surface area contributed by atoms with Crippen LogP contribution in [0.4, 0.5) is 0 Å². The van der Waals surface area contributed by atoms with E-state index in [2.05, 4.69) is 40.4 Å². The molecular formula is C20H26N4O. The van der Waals surface area contributed by atoms with Gasteiger partial charge < -0.3 is 5.32 Å². The second-order valence-corrected chi connectivity index (χ2v) is 7.49. The van der Waals surface area contributed by atoms with Crippen molar-refractivity contribution >= 4 is 5.91 Å². The first-order valence-corrected chi connectivity index (χ1v) is 9.28. The van der Waals surface area contributed by atoms with Crippen LogP contribution in [0.2, 0.25) is 0 Å². The van der Waals surface area contributed by atoms with Gasteiger partial charge in [-0.15, -0.1) is 0 Å². The standard InChI is InChI=1S/C20H26N4O/c1-15-3-6-19(24-9-2-8-22-24)18(11-15)14-23-10-7-16(13-23)12-21-20(25)17-4-5-17/h2-3,6,8-9,11,16-17H,4-5,7,10,12-14H2,1H3,(H,21,25)/t16-/m0/s1. The number of carbonyl (C=O) groups excluding carboxylic acids is 1. The lowest BCUT2D eigenvalue weighted by molar-refractivity contribution is -0.122. The maximum atomic E-state index is 11.8. The fraction of sp³-hybridized carbons (Fsp3) is 0.500. The first-order chi connectivity index (χ1) is 12.2. The first-order valence-electron chi connectivity index (χ1n) is 9.28. The van der Waals surface area contributed by atoms with Crippen molar-refractivity contribution in [3.05, 3.63) is 47.8 Å². The second-order valence-electron chi connectivity index (χ2n) is 7.49. The predicted octanol–water partition coefficient (Wildman–Crippen LogP) is 2.53. The number of amides is 1. The maximum Gasteiger partial charge on any atom is 0.223 e. The second kappa shape index (κ2) is 7.00. The minimum absolute atomic E-state index is 0.262. The molecule has 132 valence electrons. The summed E-state index contributed by atoms with van der Waals surface area (Å²) in [6.07, 6.45) is 7.12. The van der Waals surface area contributed by atoms with Crippen LogP contribution in [-0.2, 0) is 11.3 Å². The molecule has 25 heavy (non-hydrogen) atoms. The third kappa shape index (κ3) is 3.93. The minimum atomic E-state index is 0.262. The maximum absolute atomic E-state index is 11.8. The number of nitrogens with zero attached hydrogens (tertiary/aromatic N) is 3. The summed E-state index contributed by atoms with van der Waals surface area (Å²) >= 11 is 0. The van der Waals surface area contributed by atoms with E-state index in [0.29, 0.717) is 11.8 Å².